The molecule has 0 bridgehead atoms. The van der Waals surface area contributed by atoms with Gasteiger partial charge in [0, 0.05) is 41.5 Å². The van der Waals surface area contributed by atoms with E-state index in [1.165, 1.54) is 11.1 Å². The quantitative estimate of drug-likeness (QED) is 0.384. The number of imide groups is 1. The number of hydrogen-bond donors (Lipinski definition) is 2. The SMILES string of the molecule is O=C(O)c1cnc2[nH]ccc2c1N1CCC(C(=O)N2Cc3ccccc3C2=O)(c2ccc(Cl)cc2)CC1. The van der Waals surface area contributed by atoms with Crippen LogP contribution < -0.4 is 4.90 Å². The molecule has 2 aliphatic heterocycles. The number of fused-ring (bicyclic) bond motifs is 2. The fourth-order valence-electron chi connectivity index (χ4n) is 5.67. The number of anilines is 1. The fourth-order valence-corrected chi connectivity index (χ4v) is 5.80. The number of piperidine rings is 1. The molecule has 1 fully saturated rings. The van der Waals surface area contributed by atoms with E-state index in [4.69, 9.17) is 11.6 Å². The van der Waals surface area contributed by atoms with Gasteiger partial charge in [0.2, 0.25) is 5.91 Å². The highest BCUT2D eigenvalue weighted by Gasteiger charge is 2.48. The van der Waals surface area contributed by atoms with Crippen molar-refractivity contribution in [2.75, 3.05) is 18.0 Å². The highest BCUT2D eigenvalue weighted by atomic mass is 35.5. The van der Waals surface area contributed by atoms with E-state index in [-0.39, 0.29) is 23.9 Å². The molecule has 2 aromatic heterocycles. The normalized spacial score (nSPS) is 16.7. The van der Waals surface area contributed by atoms with Gasteiger partial charge in [-0.05, 0) is 48.2 Å². The Morgan fingerprint density at radius 2 is 1.76 bits per heavy atom. The molecular formula is C28H23ClN4O4. The lowest BCUT2D eigenvalue weighted by Crippen LogP contribution is -2.53. The Kier molecular flexibility index (Phi) is 5.49. The van der Waals surface area contributed by atoms with E-state index in [9.17, 15) is 19.5 Å². The Labute approximate surface area is 217 Å². The third-order valence-corrected chi connectivity index (χ3v) is 7.85. The van der Waals surface area contributed by atoms with Crippen molar-refractivity contribution in [3.8, 4) is 0 Å². The summed E-state index contributed by atoms with van der Waals surface area (Å²) in [4.78, 5) is 50.1. The third-order valence-electron chi connectivity index (χ3n) is 7.59. The Morgan fingerprint density at radius 1 is 1.03 bits per heavy atom. The molecule has 1 saturated heterocycles. The van der Waals surface area contributed by atoms with Gasteiger partial charge in [0.15, 0.2) is 0 Å². The second kappa shape index (κ2) is 8.74. The van der Waals surface area contributed by atoms with Gasteiger partial charge in [-0.2, -0.15) is 0 Å². The monoisotopic (exact) mass is 514 g/mol. The first-order valence-corrected chi connectivity index (χ1v) is 12.4. The lowest BCUT2D eigenvalue weighted by Gasteiger charge is -2.43. The van der Waals surface area contributed by atoms with E-state index >= 15 is 0 Å². The van der Waals surface area contributed by atoms with E-state index in [1.54, 1.807) is 30.5 Å². The molecule has 6 rings (SSSR count). The van der Waals surface area contributed by atoms with Gasteiger partial charge < -0.3 is 15.0 Å². The Balaban J connectivity index is 1.38. The van der Waals surface area contributed by atoms with Gasteiger partial charge >= 0.3 is 5.97 Å². The molecule has 4 heterocycles. The van der Waals surface area contributed by atoms with Crippen molar-refractivity contribution in [1.29, 1.82) is 0 Å². The minimum absolute atomic E-state index is 0.114. The van der Waals surface area contributed by atoms with Crippen molar-refractivity contribution in [3.05, 3.63) is 94.3 Å². The van der Waals surface area contributed by atoms with Gasteiger partial charge in [0.25, 0.3) is 5.91 Å². The second-order valence-electron chi connectivity index (χ2n) is 9.50. The first kappa shape index (κ1) is 23.2. The first-order valence-electron chi connectivity index (χ1n) is 12.0. The van der Waals surface area contributed by atoms with E-state index < -0.39 is 11.4 Å². The number of carboxylic acid groups (broad SMARTS) is 1. The molecule has 0 saturated carbocycles. The number of aromatic carboxylic acids is 1. The summed E-state index contributed by atoms with van der Waals surface area (Å²) in [6, 6.07) is 16.3. The van der Waals surface area contributed by atoms with E-state index in [0.717, 1.165) is 16.5 Å². The van der Waals surface area contributed by atoms with Gasteiger partial charge in [-0.3, -0.25) is 14.5 Å². The minimum atomic E-state index is -1.06. The summed E-state index contributed by atoms with van der Waals surface area (Å²) in [5.74, 6) is -1.58. The number of hydrogen-bond acceptors (Lipinski definition) is 5. The van der Waals surface area contributed by atoms with Gasteiger partial charge in [0.05, 0.1) is 17.6 Å². The molecule has 37 heavy (non-hydrogen) atoms. The van der Waals surface area contributed by atoms with E-state index in [2.05, 4.69) is 9.97 Å². The molecule has 9 heteroatoms. The number of amides is 2. The van der Waals surface area contributed by atoms with Crippen molar-refractivity contribution in [2.24, 2.45) is 0 Å². The van der Waals surface area contributed by atoms with E-state index in [0.29, 0.717) is 47.9 Å². The molecule has 2 aliphatic rings. The van der Waals surface area contributed by atoms with Crippen LogP contribution in [-0.4, -0.2) is 50.8 Å². The minimum Gasteiger partial charge on any atom is -0.478 e. The first-order chi connectivity index (χ1) is 17.9. The van der Waals surface area contributed by atoms with Crippen LogP contribution in [0.2, 0.25) is 5.02 Å². The number of pyridine rings is 1. The number of rotatable bonds is 4. The van der Waals surface area contributed by atoms with Crippen molar-refractivity contribution in [2.45, 2.75) is 24.8 Å². The molecule has 2 N–H and O–H groups in total. The van der Waals surface area contributed by atoms with Gasteiger partial charge in [0.1, 0.15) is 11.2 Å². The molecule has 0 unspecified atom stereocenters. The number of aromatic nitrogens is 2. The number of carbonyl (C=O) groups excluding carboxylic acids is 2. The fraction of sp³-hybridized carbons (Fsp3) is 0.214. The number of halogens is 1. The maximum Gasteiger partial charge on any atom is 0.339 e. The van der Waals surface area contributed by atoms with Crippen molar-refractivity contribution >= 4 is 46.1 Å². The number of nitrogens with one attached hydrogen (secondary N) is 1. The molecule has 0 spiro atoms. The summed E-state index contributed by atoms with van der Waals surface area (Å²) in [5.41, 5.74) is 2.53. The highest BCUT2D eigenvalue weighted by Crippen LogP contribution is 2.42. The van der Waals surface area contributed by atoms with Gasteiger partial charge in [-0.25, -0.2) is 9.78 Å². The smallest absolute Gasteiger partial charge is 0.339 e. The summed E-state index contributed by atoms with van der Waals surface area (Å²) < 4.78 is 0. The molecule has 2 aromatic carbocycles. The van der Waals surface area contributed by atoms with Crippen molar-refractivity contribution in [3.63, 3.8) is 0 Å². The second-order valence-corrected chi connectivity index (χ2v) is 9.93. The number of nitrogens with zero attached hydrogens (tertiary/aromatic N) is 3. The molecule has 0 radical (unpaired) electrons. The van der Waals surface area contributed by atoms with Crippen LogP contribution in [0.5, 0.6) is 0 Å². The number of carboxylic acids is 1. The van der Waals surface area contributed by atoms with Crippen molar-refractivity contribution in [1.82, 2.24) is 14.9 Å². The summed E-state index contributed by atoms with van der Waals surface area (Å²) in [6.45, 7) is 1.09. The Hall–Kier alpha value is -4.17. The molecule has 0 atom stereocenters. The zero-order valence-electron chi connectivity index (χ0n) is 19.8. The predicted molar refractivity (Wildman–Crippen MR) is 139 cm³/mol. The Morgan fingerprint density at radius 3 is 2.46 bits per heavy atom. The summed E-state index contributed by atoms with van der Waals surface area (Å²) >= 11 is 6.16. The van der Waals surface area contributed by atoms with Crippen LogP contribution in [0.1, 0.15) is 44.7 Å². The molecule has 2 amide bonds. The van der Waals surface area contributed by atoms with Crippen LogP contribution in [0.4, 0.5) is 5.69 Å². The van der Waals surface area contributed by atoms with Crippen LogP contribution in [0.25, 0.3) is 11.0 Å². The number of carbonyl (C=O) groups is 3. The van der Waals surface area contributed by atoms with Crippen LogP contribution in [0, 0.1) is 0 Å². The summed E-state index contributed by atoms with van der Waals surface area (Å²) in [7, 11) is 0. The van der Waals surface area contributed by atoms with Crippen LogP contribution >= 0.6 is 11.6 Å². The zero-order valence-corrected chi connectivity index (χ0v) is 20.5. The lowest BCUT2D eigenvalue weighted by molar-refractivity contribution is -0.135. The van der Waals surface area contributed by atoms with Crippen molar-refractivity contribution < 1.29 is 19.5 Å². The maximum absolute atomic E-state index is 14.2. The highest BCUT2D eigenvalue weighted by molar-refractivity contribution is 6.30. The van der Waals surface area contributed by atoms with Gasteiger partial charge in [-0.1, -0.05) is 41.9 Å². The average molecular weight is 515 g/mol. The zero-order chi connectivity index (χ0) is 25.7. The number of aromatic amines is 1. The standard InChI is InChI=1S/C28H23ClN4O4/c29-19-7-5-18(6-8-19)28(27(37)33-16-17-3-1-2-4-20(17)25(33)34)10-13-32(14-11-28)23-21-9-12-30-24(21)31-15-22(23)26(35)36/h1-9,12,15H,10-11,13-14,16H2,(H,30,31)(H,35,36). The number of benzene rings is 2. The van der Waals surface area contributed by atoms with Crippen LogP contribution in [-0.2, 0) is 16.8 Å². The summed E-state index contributed by atoms with van der Waals surface area (Å²) in [6.07, 6.45) is 3.90. The Bertz CT molecular complexity index is 1550. The topological polar surface area (TPSA) is 107 Å². The van der Waals surface area contributed by atoms with Gasteiger partial charge in [-0.15, -0.1) is 0 Å². The molecular weight excluding hydrogens is 492 g/mol. The predicted octanol–water partition coefficient (Wildman–Crippen LogP) is 4.64. The molecule has 4 aromatic rings. The summed E-state index contributed by atoms with van der Waals surface area (Å²) in [5, 5.41) is 11.1. The third kappa shape index (κ3) is 3.67. The van der Waals surface area contributed by atoms with E-state index in [1.807, 2.05) is 35.2 Å². The lowest BCUT2D eigenvalue weighted by atomic mass is 9.71. The maximum atomic E-state index is 14.2. The van der Waals surface area contributed by atoms with Crippen LogP contribution in [0.15, 0.2) is 67.0 Å². The largest absolute Gasteiger partial charge is 0.478 e. The number of H-pyrrole nitrogens is 1. The molecule has 8 nitrogen and oxygen atoms in total. The van der Waals surface area contributed by atoms with Crippen LogP contribution in [0.3, 0.4) is 0 Å². The molecule has 186 valence electrons. The average Bonchev–Trinajstić information content (AvgIpc) is 3.53. The molecule has 0 aliphatic carbocycles.